The minimum absolute atomic E-state index is 0.0736. The number of likely N-dealkylation sites (N-methyl/N-ethyl adjacent to an activating group) is 1. The molecule has 0 unspecified atom stereocenters. The smallest absolute Gasteiger partial charge is 0.237 e. The zero-order chi connectivity index (χ0) is 15.8. The van der Waals surface area contributed by atoms with Gasteiger partial charge in [-0.2, -0.15) is 11.8 Å². The van der Waals surface area contributed by atoms with Gasteiger partial charge in [0.2, 0.25) is 5.91 Å². The quantitative estimate of drug-likeness (QED) is 0.770. The molecule has 1 aromatic rings. The van der Waals surface area contributed by atoms with Gasteiger partial charge >= 0.3 is 0 Å². The van der Waals surface area contributed by atoms with Gasteiger partial charge in [-0.05, 0) is 50.2 Å². The van der Waals surface area contributed by atoms with Crippen molar-refractivity contribution < 1.29 is 4.79 Å². The van der Waals surface area contributed by atoms with Crippen molar-refractivity contribution in [3.05, 3.63) is 34.9 Å². The molecule has 0 spiro atoms. The largest absolute Gasteiger partial charge is 0.355 e. The third kappa shape index (κ3) is 5.49. The number of likely N-dealkylation sites (tertiary alicyclic amines) is 1. The highest BCUT2D eigenvalue weighted by Crippen LogP contribution is 2.21. The standard InChI is InChI=1S/C17H25ClN2OS/c1-20-11-5-4-9-16(20)17(21)19-10-6-12-22-13-14-7-2-3-8-15(14)18/h2-3,7-8,16H,4-6,9-13H2,1H3,(H,19,21)/t16-/m0/s1. The Hall–Kier alpha value is -0.710. The lowest BCUT2D eigenvalue weighted by molar-refractivity contribution is -0.126. The van der Waals surface area contributed by atoms with Crippen molar-refractivity contribution >= 4 is 29.3 Å². The number of nitrogens with one attached hydrogen (secondary N) is 1. The van der Waals surface area contributed by atoms with Crippen LogP contribution in [0.1, 0.15) is 31.2 Å². The fraction of sp³-hybridized carbons (Fsp3) is 0.588. The average molecular weight is 341 g/mol. The Morgan fingerprint density at radius 2 is 2.23 bits per heavy atom. The van der Waals surface area contributed by atoms with Crippen molar-refractivity contribution in [1.29, 1.82) is 0 Å². The van der Waals surface area contributed by atoms with Crippen molar-refractivity contribution in [1.82, 2.24) is 10.2 Å². The maximum absolute atomic E-state index is 12.1. The van der Waals surface area contributed by atoms with E-state index in [1.807, 2.05) is 37.0 Å². The molecular weight excluding hydrogens is 316 g/mol. The van der Waals surface area contributed by atoms with Crippen molar-refractivity contribution in [3.63, 3.8) is 0 Å². The molecule has 1 amide bonds. The molecule has 5 heteroatoms. The number of hydrogen-bond donors (Lipinski definition) is 1. The Bertz CT molecular complexity index is 483. The van der Waals surface area contributed by atoms with Crippen molar-refractivity contribution in [2.45, 2.75) is 37.5 Å². The summed E-state index contributed by atoms with van der Waals surface area (Å²) in [7, 11) is 2.04. The second-order valence-corrected chi connectivity index (χ2v) is 7.29. The number of rotatable bonds is 7. The number of carbonyl (C=O) groups excluding carboxylic acids is 1. The molecule has 1 fully saturated rings. The van der Waals surface area contributed by atoms with E-state index in [-0.39, 0.29) is 11.9 Å². The van der Waals surface area contributed by atoms with Gasteiger partial charge in [-0.15, -0.1) is 0 Å². The van der Waals surface area contributed by atoms with Crippen LogP contribution >= 0.6 is 23.4 Å². The summed E-state index contributed by atoms with van der Waals surface area (Å²) in [5.41, 5.74) is 1.18. The number of amides is 1. The van der Waals surface area contributed by atoms with Gasteiger partial charge in [-0.3, -0.25) is 9.69 Å². The van der Waals surface area contributed by atoms with Crippen LogP contribution in [0.3, 0.4) is 0 Å². The molecule has 1 saturated heterocycles. The molecule has 22 heavy (non-hydrogen) atoms. The molecule has 0 bridgehead atoms. The average Bonchev–Trinajstić information content (AvgIpc) is 2.52. The zero-order valence-electron chi connectivity index (χ0n) is 13.2. The van der Waals surface area contributed by atoms with Crippen LogP contribution in [-0.4, -0.2) is 42.7 Å². The van der Waals surface area contributed by atoms with E-state index in [1.54, 1.807) is 0 Å². The molecule has 0 aromatic heterocycles. The predicted molar refractivity (Wildman–Crippen MR) is 95.5 cm³/mol. The topological polar surface area (TPSA) is 32.3 Å². The molecular formula is C17H25ClN2OS. The summed E-state index contributed by atoms with van der Waals surface area (Å²) in [5, 5.41) is 3.91. The van der Waals surface area contributed by atoms with Crippen LogP contribution in [0.2, 0.25) is 5.02 Å². The highest BCUT2D eigenvalue weighted by Gasteiger charge is 2.25. The first-order valence-electron chi connectivity index (χ1n) is 7.97. The van der Waals surface area contributed by atoms with Crippen molar-refractivity contribution in [2.75, 3.05) is 25.9 Å². The van der Waals surface area contributed by atoms with Gasteiger partial charge in [-0.1, -0.05) is 36.2 Å². The third-order valence-electron chi connectivity index (χ3n) is 4.05. The first-order valence-corrected chi connectivity index (χ1v) is 9.51. The summed E-state index contributed by atoms with van der Waals surface area (Å²) < 4.78 is 0. The normalized spacial score (nSPS) is 19.1. The molecule has 1 atom stereocenters. The molecule has 1 N–H and O–H groups in total. The molecule has 2 rings (SSSR count). The lowest BCUT2D eigenvalue weighted by Crippen LogP contribution is -2.47. The fourth-order valence-corrected chi connectivity index (χ4v) is 3.95. The number of piperidine rings is 1. The number of halogens is 1. The molecule has 1 heterocycles. The van der Waals surface area contributed by atoms with Crippen molar-refractivity contribution in [3.8, 4) is 0 Å². The molecule has 0 radical (unpaired) electrons. The van der Waals surface area contributed by atoms with E-state index in [2.05, 4.69) is 16.3 Å². The molecule has 3 nitrogen and oxygen atoms in total. The molecule has 122 valence electrons. The molecule has 1 aromatic carbocycles. The van der Waals surface area contributed by atoms with E-state index < -0.39 is 0 Å². The fourth-order valence-electron chi connectivity index (χ4n) is 2.71. The van der Waals surface area contributed by atoms with Crippen molar-refractivity contribution in [2.24, 2.45) is 0 Å². The van der Waals surface area contributed by atoms with Crippen LogP contribution in [-0.2, 0) is 10.5 Å². The van der Waals surface area contributed by atoms with Gasteiger partial charge in [-0.25, -0.2) is 0 Å². The maximum atomic E-state index is 12.1. The van der Waals surface area contributed by atoms with E-state index in [9.17, 15) is 4.79 Å². The Morgan fingerprint density at radius 1 is 1.41 bits per heavy atom. The molecule has 0 aliphatic carbocycles. The van der Waals surface area contributed by atoms with E-state index in [4.69, 9.17) is 11.6 Å². The zero-order valence-corrected chi connectivity index (χ0v) is 14.8. The van der Waals surface area contributed by atoms with Gasteiger partial charge in [0.15, 0.2) is 0 Å². The summed E-state index contributed by atoms with van der Waals surface area (Å²) in [5.74, 6) is 2.16. The number of carbonyl (C=O) groups is 1. The Labute approximate surface area is 142 Å². The first kappa shape index (κ1) is 17.6. The van der Waals surface area contributed by atoms with Crippen LogP contribution in [0.25, 0.3) is 0 Å². The molecule has 1 aliphatic heterocycles. The lowest BCUT2D eigenvalue weighted by atomic mass is 10.0. The summed E-state index contributed by atoms with van der Waals surface area (Å²) in [6.07, 6.45) is 4.36. The number of benzene rings is 1. The Morgan fingerprint density at radius 3 is 3.00 bits per heavy atom. The first-order chi connectivity index (χ1) is 10.7. The maximum Gasteiger partial charge on any atom is 0.237 e. The van der Waals surface area contributed by atoms with E-state index in [1.165, 1.54) is 12.0 Å². The van der Waals surface area contributed by atoms with Gasteiger partial charge < -0.3 is 5.32 Å². The summed E-state index contributed by atoms with van der Waals surface area (Å²) in [6.45, 7) is 1.80. The monoisotopic (exact) mass is 340 g/mol. The number of hydrogen-bond acceptors (Lipinski definition) is 3. The van der Waals surface area contributed by atoms with Gasteiger partial charge in [0.05, 0.1) is 6.04 Å². The summed E-state index contributed by atoms with van der Waals surface area (Å²) >= 11 is 7.99. The van der Waals surface area contributed by atoms with Gasteiger partial charge in [0, 0.05) is 17.3 Å². The highest BCUT2D eigenvalue weighted by molar-refractivity contribution is 7.98. The SMILES string of the molecule is CN1CCCC[C@H]1C(=O)NCCCSCc1ccccc1Cl. The Kier molecular flexibility index (Phi) is 7.56. The van der Waals surface area contributed by atoms with E-state index in [0.29, 0.717) is 0 Å². The minimum atomic E-state index is 0.0736. The second kappa shape index (κ2) is 9.43. The van der Waals surface area contributed by atoms with Gasteiger partial charge in [0.1, 0.15) is 0 Å². The van der Waals surface area contributed by atoms with E-state index >= 15 is 0 Å². The minimum Gasteiger partial charge on any atom is -0.355 e. The van der Waals surface area contributed by atoms with Crippen LogP contribution in [0.4, 0.5) is 0 Å². The lowest BCUT2D eigenvalue weighted by Gasteiger charge is -2.31. The highest BCUT2D eigenvalue weighted by atomic mass is 35.5. The summed E-state index contributed by atoms with van der Waals surface area (Å²) in [4.78, 5) is 14.3. The Balaban J connectivity index is 1.57. The van der Waals surface area contributed by atoms with Gasteiger partial charge in [0.25, 0.3) is 0 Å². The predicted octanol–water partition coefficient (Wildman–Crippen LogP) is 3.56. The third-order valence-corrected chi connectivity index (χ3v) is 5.51. The second-order valence-electron chi connectivity index (χ2n) is 5.78. The van der Waals surface area contributed by atoms with Crippen LogP contribution < -0.4 is 5.32 Å². The summed E-state index contributed by atoms with van der Waals surface area (Å²) in [6, 6.07) is 8.04. The van der Waals surface area contributed by atoms with E-state index in [0.717, 1.165) is 48.9 Å². The number of nitrogens with zero attached hydrogens (tertiary/aromatic N) is 1. The number of thioether (sulfide) groups is 1. The molecule has 0 saturated carbocycles. The van der Waals surface area contributed by atoms with Crippen LogP contribution in [0, 0.1) is 0 Å². The van der Waals surface area contributed by atoms with Crippen LogP contribution in [0.5, 0.6) is 0 Å². The molecule has 1 aliphatic rings. The van der Waals surface area contributed by atoms with Crippen LogP contribution in [0.15, 0.2) is 24.3 Å².